The first kappa shape index (κ1) is 52.7. The summed E-state index contributed by atoms with van der Waals surface area (Å²) < 4.78 is 26.7. The van der Waals surface area contributed by atoms with Crippen LogP contribution in [0.3, 0.4) is 0 Å². The number of aliphatic hydroxyl groups is 1. The monoisotopic (exact) mass is 800 g/mol. The molecule has 0 bridgehead atoms. The van der Waals surface area contributed by atoms with Crippen LogP contribution in [0.1, 0.15) is 187 Å². The van der Waals surface area contributed by atoms with Crippen molar-refractivity contribution in [1.82, 2.24) is 5.32 Å². The van der Waals surface area contributed by atoms with Crippen LogP contribution in [-0.4, -0.2) is 64.9 Å². The van der Waals surface area contributed by atoms with Gasteiger partial charge in [-0.25, -0.2) is 9.36 Å². The Bertz CT molecular complexity index is 1080. The van der Waals surface area contributed by atoms with Crippen LogP contribution in [0.2, 0.25) is 0 Å². The molecule has 55 heavy (non-hydrogen) atoms. The van der Waals surface area contributed by atoms with Gasteiger partial charge in [0.15, 0.2) is 6.04 Å². The molecule has 0 heterocycles. The van der Waals surface area contributed by atoms with E-state index in [-0.39, 0.29) is 12.8 Å². The fourth-order valence-electron chi connectivity index (χ4n) is 5.76. The number of nitrogens with one attached hydrogen (secondary N) is 1. The molecule has 0 aromatic carbocycles. The Kier molecular flexibility index (Phi) is 37.0. The number of carbonyl (C=O) groups is 3. The number of rotatable bonds is 40. The molecular weight excluding hydrogens is 721 g/mol. The molecule has 4 N–H and O–H groups in total. The maximum atomic E-state index is 12.3. The minimum absolute atomic E-state index is 0.143. The van der Waals surface area contributed by atoms with Gasteiger partial charge >= 0.3 is 19.8 Å². The van der Waals surface area contributed by atoms with Gasteiger partial charge in [0, 0.05) is 12.8 Å². The van der Waals surface area contributed by atoms with Crippen LogP contribution in [0.25, 0.3) is 0 Å². The molecule has 0 radical (unpaired) electrons. The van der Waals surface area contributed by atoms with Crippen molar-refractivity contribution in [3.8, 4) is 0 Å². The molecular formula is C43H78NO10P. The minimum atomic E-state index is -4.75. The number of ether oxygens (including phenoxy) is 1. The molecule has 1 amide bonds. The molecule has 0 aliphatic rings. The van der Waals surface area contributed by atoms with Gasteiger partial charge in [0.1, 0.15) is 12.7 Å². The largest absolute Gasteiger partial charge is 0.480 e. The Morgan fingerprint density at radius 2 is 1.04 bits per heavy atom. The van der Waals surface area contributed by atoms with Gasteiger partial charge in [-0.3, -0.25) is 18.6 Å². The summed E-state index contributed by atoms with van der Waals surface area (Å²) in [4.78, 5) is 45.8. The zero-order valence-electron chi connectivity index (χ0n) is 34.5. The second-order valence-corrected chi connectivity index (χ2v) is 16.0. The first-order chi connectivity index (χ1) is 26.6. The van der Waals surface area contributed by atoms with Crippen molar-refractivity contribution in [3.63, 3.8) is 0 Å². The van der Waals surface area contributed by atoms with Gasteiger partial charge < -0.3 is 25.2 Å². The third kappa shape index (κ3) is 38.4. The Labute approximate surface area is 333 Å². The predicted molar refractivity (Wildman–Crippen MR) is 222 cm³/mol. The molecule has 11 nitrogen and oxygen atoms in total. The van der Waals surface area contributed by atoms with E-state index in [0.717, 1.165) is 70.6 Å². The van der Waals surface area contributed by atoms with Crippen LogP contribution < -0.4 is 5.32 Å². The van der Waals surface area contributed by atoms with E-state index in [0.29, 0.717) is 12.8 Å². The molecule has 12 heteroatoms. The van der Waals surface area contributed by atoms with Gasteiger partial charge in [-0.15, -0.1) is 0 Å². The van der Waals surface area contributed by atoms with E-state index in [1.54, 1.807) is 0 Å². The number of amides is 1. The third-order valence-electron chi connectivity index (χ3n) is 9.13. The highest BCUT2D eigenvalue weighted by molar-refractivity contribution is 7.47. The number of aliphatic hydroxyl groups excluding tert-OH is 1. The number of unbranched alkanes of at least 4 members (excludes halogenated alkanes) is 20. The lowest BCUT2D eigenvalue weighted by Crippen LogP contribution is -2.43. The first-order valence-corrected chi connectivity index (χ1v) is 23.0. The molecule has 0 spiro atoms. The highest BCUT2D eigenvalue weighted by Gasteiger charge is 2.28. The summed E-state index contributed by atoms with van der Waals surface area (Å²) >= 11 is 0. The summed E-state index contributed by atoms with van der Waals surface area (Å²) in [7, 11) is -4.75. The normalized spacial score (nSPS) is 14.1. The van der Waals surface area contributed by atoms with E-state index >= 15 is 0 Å². The Balaban J connectivity index is 3.89. The van der Waals surface area contributed by atoms with E-state index in [1.165, 1.54) is 77.0 Å². The van der Waals surface area contributed by atoms with Crippen LogP contribution >= 0.6 is 7.82 Å². The number of phosphoric ester groups is 1. The number of hydrogen-bond donors (Lipinski definition) is 4. The van der Waals surface area contributed by atoms with E-state index in [2.05, 4.69) is 55.6 Å². The number of phosphoric acid groups is 1. The third-order valence-corrected chi connectivity index (χ3v) is 10.1. The molecule has 0 fully saturated rings. The number of aliphatic carboxylic acids is 1. The van der Waals surface area contributed by atoms with E-state index in [1.807, 2.05) is 0 Å². The van der Waals surface area contributed by atoms with E-state index < -0.39 is 57.6 Å². The predicted octanol–water partition coefficient (Wildman–Crippen LogP) is 10.8. The fraction of sp³-hybridized carbons (Fsp3) is 0.791. The molecule has 0 rings (SSSR count). The van der Waals surface area contributed by atoms with Gasteiger partial charge in [-0.1, -0.05) is 147 Å². The summed E-state index contributed by atoms with van der Waals surface area (Å²) in [5.41, 5.74) is 0. The Hall–Kier alpha value is -2.30. The number of hydrogen-bond acceptors (Lipinski definition) is 8. The summed E-state index contributed by atoms with van der Waals surface area (Å²) in [6.07, 6.45) is 40.3. The smallest absolute Gasteiger partial charge is 0.472 e. The molecule has 0 aromatic heterocycles. The van der Waals surface area contributed by atoms with Gasteiger partial charge in [-0.2, -0.15) is 0 Å². The van der Waals surface area contributed by atoms with Crippen molar-refractivity contribution >= 4 is 25.7 Å². The number of allylic oxidation sites excluding steroid dienone is 6. The van der Waals surface area contributed by atoms with Gasteiger partial charge in [0.2, 0.25) is 5.91 Å². The number of carboxylic acid groups (broad SMARTS) is 1. The van der Waals surface area contributed by atoms with Crippen molar-refractivity contribution in [1.29, 1.82) is 0 Å². The SMILES string of the molecule is CCC/C=C\CCCCCCCC(=O)OCC(O)COP(=O)(O)OCC(NC(=O)CCCCCCCCCCCCC/C=C\C/C=C\CCCCC)C(=O)O. The average molecular weight is 800 g/mol. The molecule has 3 atom stereocenters. The van der Waals surface area contributed by atoms with Crippen molar-refractivity contribution in [2.75, 3.05) is 19.8 Å². The van der Waals surface area contributed by atoms with Crippen molar-refractivity contribution in [2.24, 2.45) is 0 Å². The lowest BCUT2D eigenvalue weighted by molar-refractivity contribution is -0.147. The lowest BCUT2D eigenvalue weighted by Gasteiger charge is -2.18. The van der Waals surface area contributed by atoms with Gasteiger partial charge in [-0.05, 0) is 64.2 Å². The molecule has 320 valence electrons. The summed E-state index contributed by atoms with van der Waals surface area (Å²) in [5.74, 6) is -2.39. The molecule has 0 saturated carbocycles. The van der Waals surface area contributed by atoms with Crippen LogP contribution in [0.4, 0.5) is 0 Å². The minimum Gasteiger partial charge on any atom is -0.480 e. The van der Waals surface area contributed by atoms with Crippen molar-refractivity contribution in [3.05, 3.63) is 36.5 Å². The molecule has 3 unspecified atom stereocenters. The summed E-state index contributed by atoms with van der Waals surface area (Å²) in [5, 5.41) is 21.8. The zero-order valence-corrected chi connectivity index (χ0v) is 35.4. The average Bonchev–Trinajstić information content (AvgIpc) is 3.16. The van der Waals surface area contributed by atoms with Crippen molar-refractivity contribution in [2.45, 2.75) is 199 Å². The lowest BCUT2D eigenvalue weighted by atomic mass is 10.0. The molecule has 0 aliphatic heterocycles. The van der Waals surface area contributed by atoms with Gasteiger partial charge in [0.25, 0.3) is 0 Å². The fourth-order valence-corrected chi connectivity index (χ4v) is 6.53. The molecule has 0 aromatic rings. The highest BCUT2D eigenvalue weighted by Crippen LogP contribution is 2.43. The maximum absolute atomic E-state index is 12.3. The van der Waals surface area contributed by atoms with Crippen LogP contribution in [-0.2, 0) is 32.7 Å². The quantitative estimate of drug-likeness (QED) is 0.0202. The maximum Gasteiger partial charge on any atom is 0.472 e. The summed E-state index contributed by atoms with van der Waals surface area (Å²) in [6, 6.07) is -1.55. The van der Waals surface area contributed by atoms with Crippen LogP contribution in [0.15, 0.2) is 36.5 Å². The Morgan fingerprint density at radius 1 is 0.582 bits per heavy atom. The second-order valence-electron chi connectivity index (χ2n) is 14.5. The standard InChI is InChI=1S/C43H78NO10P/c1-3-5-7-9-11-13-15-16-17-18-19-20-21-22-23-24-25-26-28-30-32-34-41(46)44-40(43(48)49)38-54-55(50,51)53-37-39(45)36-52-42(47)35-33-31-29-27-14-12-10-8-6-4-2/h8,10-11,13,16-17,39-40,45H,3-7,9,12,14-15,18-38H2,1-2H3,(H,44,46)(H,48,49)(H,50,51)/b10-8-,13-11-,17-16-. The number of esters is 1. The van der Waals surface area contributed by atoms with Crippen LogP contribution in [0.5, 0.6) is 0 Å². The molecule has 0 saturated heterocycles. The Morgan fingerprint density at radius 3 is 1.56 bits per heavy atom. The van der Waals surface area contributed by atoms with Crippen molar-refractivity contribution < 1.29 is 47.8 Å². The number of carbonyl (C=O) groups excluding carboxylic acids is 2. The number of carboxylic acids is 1. The highest BCUT2D eigenvalue weighted by atomic mass is 31.2. The first-order valence-electron chi connectivity index (χ1n) is 21.5. The van der Waals surface area contributed by atoms with E-state index in [4.69, 9.17) is 13.8 Å². The molecule has 0 aliphatic carbocycles. The summed E-state index contributed by atoms with van der Waals surface area (Å²) in [6.45, 7) is 2.49. The second kappa shape index (κ2) is 38.6. The van der Waals surface area contributed by atoms with Gasteiger partial charge in [0.05, 0.1) is 13.2 Å². The topological polar surface area (TPSA) is 169 Å². The van der Waals surface area contributed by atoms with E-state index in [9.17, 15) is 34.1 Å². The van der Waals surface area contributed by atoms with Crippen LogP contribution in [0, 0.1) is 0 Å². The zero-order chi connectivity index (χ0) is 40.7.